The van der Waals surface area contributed by atoms with E-state index < -0.39 is 24.2 Å². The van der Waals surface area contributed by atoms with Crippen molar-refractivity contribution in [1.82, 2.24) is 0 Å². The Morgan fingerprint density at radius 1 is 1.17 bits per heavy atom. The molecule has 4 nitrogen and oxygen atoms in total. The van der Waals surface area contributed by atoms with Gasteiger partial charge >= 0.3 is 12.3 Å². The minimum atomic E-state index is -4.85. The van der Waals surface area contributed by atoms with Gasteiger partial charge in [0, 0.05) is 5.02 Å². The fourth-order valence-corrected chi connectivity index (χ4v) is 2.18. The molecule has 0 amide bonds. The Hall–Kier alpha value is -2.25. The van der Waals surface area contributed by atoms with E-state index in [1.54, 1.807) is 0 Å². The van der Waals surface area contributed by atoms with Crippen LogP contribution in [0.4, 0.5) is 13.2 Å². The van der Waals surface area contributed by atoms with E-state index >= 15 is 0 Å². The van der Waals surface area contributed by atoms with Crippen LogP contribution in [0.15, 0.2) is 42.5 Å². The number of rotatable bonds is 4. The SMILES string of the molecule is O=C(O)C(O)c1ccc(Cl)cc1-c1cccc(OC(F)(F)F)c1. The normalized spacial score (nSPS) is 12.7. The Balaban J connectivity index is 2.51. The first-order chi connectivity index (χ1) is 10.7. The molecule has 0 saturated carbocycles. The Labute approximate surface area is 133 Å². The predicted molar refractivity (Wildman–Crippen MR) is 76.2 cm³/mol. The first kappa shape index (κ1) is 17.1. The zero-order valence-corrected chi connectivity index (χ0v) is 12.1. The van der Waals surface area contributed by atoms with Gasteiger partial charge in [-0.05, 0) is 41.0 Å². The standard InChI is InChI=1S/C15H10ClF3O4/c16-9-4-5-11(13(20)14(21)22)12(7-9)8-2-1-3-10(6-8)23-15(17,18)19/h1-7,13,20H,(H,21,22). The average Bonchev–Trinajstić information content (AvgIpc) is 2.45. The molecular formula is C15H10ClF3O4. The second kappa shape index (κ2) is 6.47. The number of benzene rings is 2. The third kappa shape index (κ3) is 4.37. The van der Waals surface area contributed by atoms with E-state index in [1.807, 2.05) is 0 Å². The van der Waals surface area contributed by atoms with Crippen LogP contribution in [0, 0.1) is 0 Å². The monoisotopic (exact) mass is 346 g/mol. The smallest absolute Gasteiger partial charge is 0.479 e. The van der Waals surface area contributed by atoms with Crippen molar-refractivity contribution < 1.29 is 32.9 Å². The minimum Gasteiger partial charge on any atom is -0.479 e. The number of aliphatic hydroxyl groups excluding tert-OH is 1. The summed E-state index contributed by atoms with van der Waals surface area (Å²) in [6, 6.07) is 8.99. The molecule has 8 heteroatoms. The molecule has 1 atom stereocenters. The van der Waals surface area contributed by atoms with E-state index in [9.17, 15) is 23.1 Å². The number of aliphatic hydroxyl groups is 1. The number of aliphatic carboxylic acids is 1. The van der Waals surface area contributed by atoms with Gasteiger partial charge in [0.1, 0.15) is 5.75 Å². The van der Waals surface area contributed by atoms with Gasteiger partial charge in [0.25, 0.3) is 0 Å². The summed E-state index contributed by atoms with van der Waals surface area (Å²) in [5, 5.41) is 18.9. The summed E-state index contributed by atoms with van der Waals surface area (Å²) < 4.78 is 40.7. The van der Waals surface area contributed by atoms with Crippen LogP contribution in [0.2, 0.25) is 5.02 Å². The van der Waals surface area contributed by atoms with Crippen molar-refractivity contribution in [3.05, 3.63) is 53.1 Å². The molecule has 0 saturated heterocycles. The highest BCUT2D eigenvalue weighted by Gasteiger charge is 2.31. The fourth-order valence-electron chi connectivity index (χ4n) is 2.01. The van der Waals surface area contributed by atoms with Crippen molar-refractivity contribution in [3.63, 3.8) is 0 Å². The molecule has 1 unspecified atom stereocenters. The summed E-state index contributed by atoms with van der Waals surface area (Å²) in [5.74, 6) is -1.96. The molecule has 0 aliphatic heterocycles. The zero-order valence-electron chi connectivity index (χ0n) is 11.3. The van der Waals surface area contributed by atoms with Gasteiger partial charge in [-0.3, -0.25) is 0 Å². The Morgan fingerprint density at radius 3 is 2.48 bits per heavy atom. The molecule has 0 aliphatic carbocycles. The molecule has 0 radical (unpaired) electrons. The second-order valence-electron chi connectivity index (χ2n) is 4.55. The number of carboxylic acid groups (broad SMARTS) is 1. The van der Waals surface area contributed by atoms with Crippen LogP contribution in [0.3, 0.4) is 0 Å². The lowest BCUT2D eigenvalue weighted by Gasteiger charge is -2.15. The van der Waals surface area contributed by atoms with E-state index in [0.717, 1.165) is 12.1 Å². The highest BCUT2D eigenvalue weighted by molar-refractivity contribution is 6.30. The number of hydrogen-bond acceptors (Lipinski definition) is 3. The van der Waals surface area contributed by atoms with Gasteiger partial charge in [0.15, 0.2) is 6.10 Å². The lowest BCUT2D eigenvalue weighted by molar-refractivity contribution is -0.274. The highest BCUT2D eigenvalue weighted by Crippen LogP contribution is 2.34. The molecular weight excluding hydrogens is 337 g/mol. The first-order valence-corrected chi connectivity index (χ1v) is 6.61. The molecule has 2 N–H and O–H groups in total. The molecule has 2 aromatic rings. The van der Waals surface area contributed by atoms with Crippen LogP contribution in [-0.4, -0.2) is 22.5 Å². The number of alkyl halides is 3. The summed E-state index contributed by atoms with van der Waals surface area (Å²) in [6.45, 7) is 0. The van der Waals surface area contributed by atoms with Gasteiger partial charge in [0.2, 0.25) is 0 Å². The molecule has 0 fully saturated rings. The maximum atomic E-state index is 12.3. The molecule has 122 valence electrons. The van der Waals surface area contributed by atoms with Crippen LogP contribution < -0.4 is 4.74 Å². The highest BCUT2D eigenvalue weighted by atomic mass is 35.5. The first-order valence-electron chi connectivity index (χ1n) is 6.24. The molecule has 0 bridgehead atoms. The number of halogens is 4. The zero-order chi connectivity index (χ0) is 17.2. The van der Waals surface area contributed by atoms with Crippen molar-refractivity contribution in [2.45, 2.75) is 12.5 Å². The lowest BCUT2D eigenvalue weighted by Crippen LogP contribution is -2.17. The Morgan fingerprint density at radius 2 is 1.87 bits per heavy atom. The van der Waals surface area contributed by atoms with Gasteiger partial charge in [-0.2, -0.15) is 0 Å². The van der Waals surface area contributed by atoms with E-state index in [1.165, 1.54) is 30.3 Å². The van der Waals surface area contributed by atoms with Crippen LogP contribution in [0.5, 0.6) is 5.75 Å². The van der Waals surface area contributed by atoms with Crippen LogP contribution >= 0.6 is 11.6 Å². The maximum absolute atomic E-state index is 12.3. The summed E-state index contributed by atoms with van der Waals surface area (Å²) in [7, 11) is 0. The van der Waals surface area contributed by atoms with E-state index in [0.29, 0.717) is 0 Å². The second-order valence-corrected chi connectivity index (χ2v) is 4.98. The van der Waals surface area contributed by atoms with Gasteiger partial charge in [-0.25, -0.2) is 4.79 Å². The largest absolute Gasteiger partial charge is 0.573 e. The lowest BCUT2D eigenvalue weighted by atomic mass is 9.96. The predicted octanol–water partition coefficient (Wildman–Crippen LogP) is 4.02. The number of hydrogen-bond donors (Lipinski definition) is 2. The molecule has 0 spiro atoms. The van der Waals surface area contributed by atoms with E-state index in [2.05, 4.69) is 4.74 Å². The van der Waals surface area contributed by atoms with Crippen LogP contribution in [-0.2, 0) is 4.79 Å². The minimum absolute atomic E-state index is 0.00561. The van der Waals surface area contributed by atoms with Crippen molar-refractivity contribution in [2.24, 2.45) is 0 Å². The Bertz CT molecular complexity index is 731. The molecule has 23 heavy (non-hydrogen) atoms. The van der Waals surface area contributed by atoms with Gasteiger partial charge in [0.05, 0.1) is 0 Å². The summed E-state index contributed by atoms with van der Waals surface area (Å²) in [6.07, 6.45) is -6.69. The van der Waals surface area contributed by atoms with Crippen molar-refractivity contribution in [1.29, 1.82) is 0 Å². The molecule has 2 aromatic carbocycles. The molecule has 0 aliphatic rings. The Kier molecular flexibility index (Phi) is 4.82. The van der Waals surface area contributed by atoms with Crippen LogP contribution in [0.25, 0.3) is 11.1 Å². The average molecular weight is 347 g/mol. The fraction of sp³-hybridized carbons (Fsp3) is 0.133. The van der Waals surface area contributed by atoms with Crippen molar-refractivity contribution >= 4 is 17.6 Å². The third-order valence-electron chi connectivity index (χ3n) is 2.92. The number of carboxylic acids is 1. The molecule has 0 aromatic heterocycles. The van der Waals surface area contributed by atoms with Gasteiger partial charge in [-0.1, -0.05) is 29.8 Å². The van der Waals surface area contributed by atoms with Gasteiger partial charge in [-0.15, -0.1) is 13.2 Å². The van der Waals surface area contributed by atoms with E-state index in [-0.39, 0.29) is 21.7 Å². The summed E-state index contributed by atoms with van der Waals surface area (Å²) in [4.78, 5) is 11.0. The summed E-state index contributed by atoms with van der Waals surface area (Å²) in [5.41, 5.74) is 0.427. The van der Waals surface area contributed by atoms with E-state index in [4.69, 9.17) is 16.7 Å². The maximum Gasteiger partial charge on any atom is 0.573 e. The van der Waals surface area contributed by atoms with Crippen LogP contribution in [0.1, 0.15) is 11.7 Å². The third-order valence-corrected chi connectivity index (χ3v) is 3.16. The van der Waals surface area contributed by atoms with Gasteiger partial charge < -0.3 is 14.9 Å². The number of ether oxygens (including phenoxy) is 1. The van der Waals surface area contributed by atoms with Crippen molar-refractivity contribution in [3.8, 4) is 16.9 Å². The topological polar surface area (TPSA) is 66.8 Å². The molecule has 2 rings (SSSR count). The summed E-state index contributed by atoms with van der Waals surface area (Å²) >= 11 is 5.86. The molecule has 0 heterocycles. The number of carbonyl (C=O) groups is 1. The van der Waals surface area contributed by atoms with Crippen molar-refractivity contribution in [2.75, 3.05) is 0 Å². The quantitative estimate of drug-likeness (QED) is 0.877.